The fraction of sp³-hybridized carbons (Fsp3) is 0.160. The highest BCUT2D eigenvalue weighted by Crippen LogP contribution is 2.45. The molecule has 1 aliphatic heterocycles. The highest BCUT2D eigenvalue weighted by molar-refractivity contribution is 6.06. The second kappa shape index (κ2) is 7.72. The van der Waals surface area contributed by atoms with Crippen LogP contribution in [0.1, 0.15) is 22.7 Å². The second-order valence-corrected chi connectivity index (χ2v) is 7.74. The molecule has 2 aromatic heterocycles. The summed E-state index contributed by atoms with van der Waals surface area (Å²) >= 11 is 0. The molecule has 5 rings (SSSR count). The number of hydrogen-bond acceptors (Lipinski definition) is 6. The van der Waals surface area contributed by atoms with Crippen molar-refractivity contribution in [2.45, 2.75) is 19.9 Å². The lowest BCUT2D eigenvalue weighted by Crippen LogP contribution is -2.25. The molecule has 0 amide bonds. The van der Waals surface area contributed by atoms with Crippen LogP contribution in [0.4, 0.5) is 0 Å². The van der Waals surface area contributed by atoms with Gasteiger partial charge in [-0.15, -0.1) is 0 Å². The minimum atomic E-state index is 0.0220. The number of hydrogen-bond donors (Lipinski definition) is 0. The van der Waals surface area contributed by atoms with E-state index in [0.29, 0.717) is 0 Å². The van der Waals surface area contributed by atoms with Gasteiger partial charge in [0.2, 0.25) is 0 Å². The topological polar surface area (TPSA) is 67.2 Å². The molecule has 0 bridgehead atoms. The van der Waals surface area contributed by atoms with Crippen molar-refractivity contribution in [2.24, 2.45) is 4.99 Å². The van der Waals surface area contributed by atoms with Gasteiger partial charge in [-0.2, -0.15) is 0 Å². The zero-order chi connectivity index (χ0) is 21.4. The van der Waals surface area contributed by atoms with Gasteiger partial charge in [-0.25, -0.2) is 24.9 Å². The van der Waals surface area contributed by atoms with Crippen LogP contribution in [0.25, 0.3) is 33.3 Å². The van der Waals surface area contributed by atoms with Gasteiger partial charge in [0.25, 0.3) is 0 Å². The number of nitrogens with zero attached hydrogens (tertiary/aromatic N) is 6. The summed E-state index contributed by atoms with van der Waals surface area (Å²) in [6.07, 6.45) is 12.6. The predicted molar refractivity (Wildman–Crippen MR) is 124 cm³/mol. The lowest BCUT2D eigenvalue weighted by atomic mass is 9.82. The zero-order valence-corrected chi connectivity index (χ0v) is 17.7. The number of aromatic nitrogens is 4. The third-order valence-corrected chi connectivity index (χ3v) is 5.79. The van der Waals surface area contributed by atoms with Gasteiger partial charge in [-0.3, -0.25) is 0 Å². The maximum absolute atomic E-state index is 4.66. The Morgan fingerprint density at radius 3 is 2.19 bits per heavy atom. The van der Waals surface area contributed by atoms with E-state index in [0.717, 1.165) is 27.9 Å². The van der Waals surface area contributed by atoms with Crippen LogP contribution in [0.15, 0.2) is 72.6 Å². The summed E-state index contributed by atoms with van der Waals surface area (Å²) in [7, 11) is 2.05. The van der Waals surface area contributed by atoms with E-state index < -0.39 is 0 Å². The van der Waals surface area contributed by atoms with Crippen LogP contribution in [0.3, 0.4) is 0 Å². The Morgan fingerprint density at radius 2 is 1.55 bits per heavy atom. The fourth-order valence-corrected chi connectivity index (χ4v) is 4.36. The number of aliphatic imine (C=N–C) groups is 1. The molecule has 6 heteroatoms. The van der Waals surface area contributed by atoms with E-state index in [1.807, 2.05) is 31.7 Å². The van der Waals surface area contributed by atoms with Gasteiger partial charge in [0.15, 0.2) is 0 Å². The Balaban J connectivity index is 1.99. The van der Waals surface area contributed by atoms with Crippen molar-refractivity contribution in [3.8, 4) is 22.5 Å². The standard InChI is InChI=1S/C25H22N6/c1-16-4-5-18-17(2)23(22-8-11-28-15-31(22)3)25(21-7-10-27-14-30-21)24(19(18)12-16)20-6-9-26-13-29-20/h4-15,22H,1-3H3. The summed E-state index contributed by atoms with van der Waals surface area (Å²) in [5.74, 6) is 0. The second-order valence-electron chi connectivity index (χ2n) is 7.74. The van der Waals surface area contributed by atoms with Crippen molar-refractivity contribution in [3.05, 3.63) is 84.3 Å². The molecule has 6 nitrogen and oxygen atoms in total. The van der Waals surface area contributed by atoms with Crippen molar-refractivity contribution in [1.82, 2.24) is 24.8 Å². The van der Waals surface area contributed by atoms with E-state index in [2.05, 4.69) is 68.0 Å². The van der Waals surface area contributed by atoms with Crippen molar-refractivity contribution < 1.29 is 0 Å². The van der Waals surface area contributed by atoms with Gasteiger partial charge in [-0.05, 0) is 54.0 Å². The Labute approximate surface area is 181 Å². The van der Waals surface area contributed by atoms with Crippen molar-refractivity contribution in [3.63, 3.8) is 0 Å². The molecule has 2 aromatic carbocycles. The molecule has 0 saturated heterocycles. The summed E-state index contributed by atoms with van der Waals surface area (Å²) in [5, 5.41) is 2.36. The lowest BCUT2D eigenvalue weighted by molar-refractivity contribution is 0.445. The van der Waals surface area contributed by atoms with Crippen LogP contribution in [0.5, 0.6) is 0 Å². The van der Waals surface area contributed by atoms with Gasteiger partial charge >= 0.3 is 0 Å². The van der Waals surface area contributed by atoms with Crippen molar-refractivity contribution >= 4 is 17.1 Å². The first-order chi connectivity index (χ1) is 15.1. The highest BCUT2D eigenvalue weighted by atomic mass is 15.2. The minimum absolute atomic E-state index is 0.0220. The smallest absolute Gasteiger partial charge is 0.116 e. The predicted octanol–water partition coefficient (Wildman–Crippen LogP) is 4.90. The minimum Gasteiger partial charge on any atom is -0.355 e. The first kappa shape index (κ1) is 19.1. The maximum atomic E-state index is 4.66. The molecule has 1 unspecified atom stereocenters. The molecule has 0 spiro atoms. The average Bonchev–Trinajstić information content (AvgIpc) is 2.80. The number of rotatable bonds is 3. The SMILES string of the molecule is Cc1ccc2c(C)c(C3C=CN=CN3C)c(-c3ccncn3)c(-c3ccncn3)c2c1. The zero-order valence-electron chi connectivity index (χ0n) is 17.7. The Bertz CT molecular complexity index is 1310. The van der Waals surface area contributed by atoms with Crippen LogP contribution in [-0.2, 0) is 0 Å². The van der Waals surface area contributed by atoms with Crippen LogP contribution < -0.4 is 0 Å². The normalized spacial score (nSPS) is 15.6. The lowest BCUT2D eigenvalue weighted by Gasteiger charge is -2.31. The first-order valence-electron chi connectivity index (χ1n) is 10.2. The molecule has 1 aliphatic rings. The van der Waals surface area contributed by atoms with Crippen LogP contribution in [-0.4, -0.2) is 38.2 Å². The number of likely N-dealkylation sites (N-methyl/N-ethyl adjacent to an activating group) is 1. The molecular formula is C25H22N6. The summed E-state index contributed by atoms with van der Waals surface area (Å²) in [6.45, 7) is 4.31. The van der Waals surface area contributed by atoms with E-state index in [4.69, 9.17) is 0 Å². The van der Waals surface area contributed by atoms with E-state index in [-0.39, 0.29) is 6.04 Å². The Kier molecular flexibility index (Phi) is 4.75. The van der Waals surface area contributed by atoms with Crippen LogP contribution >= 0.6 is 0 Å². The van der Waals surface area contributed by atoms with Crippen molar-refractivity contribution in [2.75, 3.05) is 7.05 Å². The molecule has 152 valence electrons. The largest absolute Gasteiger partial charge is 0.355 e. The van der Waals surface area contributed by atoms with E-state index in [9.17, 15) is 0 Å². The van der Waals surface area contributed by atoms with Crippen LogP contribution in [0.2, 0.25) is 0 Å². The van der Waals surface area contributed by atoms with E-state index in [1.54, 1.807) is 25.0 Å². The fourth-order valence-electron chi connectivity index (χ4n) is 4.36. The third kappa shape index (κ3) is 3.26. The molecule has 0 radical (unpaired) electrons. The van der Waals surface area contributed by atoms with E-state index in [1.165, 1.54) is 22.1 Å². The number of fused-ring (bicyclic) bond motifs is 1. The average molecular weight is 406 g/mol. The van der Waals surface area contributed by atoms with Gasteiger partial charge in [0.1, 0.15) is 12.7 Å². The quantitative estimate of drug-likeness (QED) is 0.484. The third-order valence-electron chi connectivity index (χ3n) is 5.79. The molecule has 0 N–H and O–H groups in total. The van der Waals surface area contributed by atoms with Gasteiger partial charge in [-0.1, -0.05) is 23.8 Å². The maximum Gasteiger partial charge on any atom is 0.116 e. The van der Waals surface area contributed by atoms with Gasteiger partial charge < -0.3 is 4.90 Å². The Hall–Kier alpha value is -3.93. The van der Waals surface area contributed by atoms with Crippen LogP contribution in [0, 0.1) is 13.8 Å². The summed E-state index contributed by atoms with van der Waals surface area (Å²) in [4.78, 5) is 24.0. The molecule has 31 heavy (non-hydrogen) atoms. The first-order valence-corrected chi connectivity index (χ1v) is 10.2. The number of aryl methyl sites for hydroxylation is 2. The molecule has 0 fully saturated rings. The summed E-state index contributed by atoms with van der Waals surface area (Å²) < 4.78 is 0. The molecule has 4 aromatic rings. The molecule has 1 atom stereocenters. The number of benzene rings is 2. The highest BCUT2D eigenvalue weighted by Gasteiger charge is 2.27. The molecule has 3 heterocycles. The monoisotopic (exact) mass is 406 g/mol. The summed E-state index contributed by atoms with van der Waals surface area (Å²) in [6, 6.07) is 10.5. The summed E-state index contributed by atoms with van der Waals surface area (Å²) in [5.41, 5.74) is 7.47. The molecule has 0 aliphatic carbocycles. The van der Waals surface area contributed by atoms with Crippen molar-refractivity contribution in [1.29, 1.82) is 0 Å². The molecule has 0 saturated carbocycles. The van der Waals surface area contributed by atoms with Gasteiger partial charge in [0.05, 0.1) is 23.8 Å². The Morgan fingerprint density at radius 1 is 0.839 bits per heavy atom. The van der Waals surface area contributed by atoms with Gasteiger partial charge in [0, 0.05) is 36.8 Å². The van der Waals surface area contributed by atoms with E-state index >= 15 is 0 Å². The molecular weight excluding hydrogens is 384 g/mol.